The molecule has 0 aliphatic carbocycles. The molecule has 0 radical (unpaired) electrons. The van der Waals surface area contributed by atoms with Crippen molar-refractivity contribution >= 4 is 5.91 Å². The molecule has 0 saturated carbocycles. The summed E-state index contributed by atoms with van der Waals surface area (Å²) >= 11 is 0. The van der Waals surface area contributed by atoms with Crippen LogP contribution in [0.25, 0.3) is 0 Å². The van der Waals surface area contributed by atoms with E-state index in [0.717, 1.165) is 12.0 Å². The maximum absolute atomic E-state index is 11.6. The van der Waals surface area contributed by atoms with Crippen LogP contribution in [0.3, 0.4) is 0 Å². The fourth-order valence-corrected chi connectivity index (χ4v) is 1.32. The van der Waals surface area contributed by atoms with Crippen molar-refractivity contribution in [1.29, 1.82) is 0 Å². The Morgan fingerprint density at radius 3 is 2.65 bits per heavy atom. The predicted octanol–water partition coefficient (Wildman–Crippen LogP) is 1.97. The molecule has 1 amide bonds. The second-order valence-corrected chi connectivity index (χ2v) is 3.47. The van der Waals surface area contributed by atoms with Gasteiger partial charge in [0, 0.05) is 6.54 Å². The SMILES string of the molecule is O=C(CCOC(F)F)NCCc1ccccc1. The lowest BCUT2D eigenvalue weighted by atomic mass is 10.1. The Labute approximate surface area is 98.8 Å². The quantitative estimate of drug-likeness (QED) is 0.795. The molecule has 0 aliphatic heterocycles. The van der Waals surface area contributed by atoms with E-state index >= 15 is 0 Å². The molecule has 0 unspecified atom stereocenters. The Balaban J connectivity index is 2.08. The molecule has 1 aromatic carbocycles. The average Bonchev–Trinajstić information content (AvgIpc) is 2.30. The van der Waals surface area contributed by atoms with Crippen LogP contribution >= 0.6 is 0 Å². The number of nitrogens with one attached hydrogen (secondary N) is 1. The molecule has 0 spiro atoms. The van der Waals surface area contributed by atoms with Crippen molar-refractivity contribution in [2.75, 3.05) is 13.2 Å². The van der Waals surface area contributed by atoms with Crippen molar-refractivity contribution in [2.24, 2.45) is 0 Å². The van der Waals surface area contributed by atoms with Crippen molar-refractivity contribution in [2.45, 2.75) is 19.5 Å². The normalized spacial score (nSPS) is 10.5. The number of carbonyl (C=O) groups excluding carboxylic acids is 1. The molecular formula is C12H15F2NO2. The molecule has 0 fully saturated rings. The first kappa shape index (κ1) is 13.6. The van der Waals surface area contributed by atoms with Crippen molar-refractivity contribution in [1.82, 2.24) is 5.32 Å². The van der Waals surface area contributed by atoms with Gasteiger partial charge in [0.1, 0.15) is 0 Å². The Morgan fingerprint density at radius 1 is 1.29 bits per heavy atom. The van der Waals surface area contributed by atoms with E-state index in [4.69, 9.17) is 0 Å². The van der Waals surface area contributed by atoms with Crippen molar-refractivity contribution < 1.29 is 18.3 Å². The fraction of sp³-hybridized carbons (Fsp3) is 0.417. The van der Waals surface area contributed by atoms with Gasteiger partial charge in [0.25, 0.3) is 0 Å². The Bertz CT molecular complexity index is 331. The van der Waals surface area contributed by atoms with Crippen LogP contribution in [0.5, 0.6) is 0 Å². The highest BCUT2D eigenvalue weighted by Crippen LogP contribution is 1.98. The number of benzene rings is 1. The smallest absolute Gasteiger partial charge is 0.345 e. The molecule has 1 rings (SSSR count). The van der Waals surface area contributed by atoms with Gasteiger partial charge in [-0.25, -0.2) is 0 Å². The van der Waals surface area contributed by atoms with E-state index in [2.05, 4.69) is 10.1 Å². The van der Waals surface area contributed by atoms with Crippen LogP contribution in [-0.2, 0) is 16.0 Å². The van der Waals surface area contributed by atoms with E-state index in [-0.39, 0.29) is 18.9 Å². The summed E-state index contributed by atoms with van der Waals surface area (Å²) in [5.74, 6) is -0.276. The minimum absolute atomic E-state index is 0.0425. The molecule has 94 valence electrons. The largest absolute Gasteiger partial charge is 0.356 e. The number of amides is 1. The van der Waals surface area contributed by atoms with Gasteiger partial charge in [0.2, 0.25) is 5.91 Å². The number of halogens is 2. The molecule has 17 heavy (non-hydrogen) atoms. The first-order chi connectivity index (χ1) is 8.18. The summed E-state index contributed by atoms with van der Waals surface area (Å²) in [6.07, 6.45) is 0.682. The van der Waals surface area contributed by atoms with Crippen LogP contribution in [0.2, 0.25) is 0 Å². The minimum Gasteiger partial charge on any atom is -0.356 e. The standard InChI is InChI=1S/C12H15F2NO2/c13-12(14)17-9-7-11(16)15-8-6-10-4-2-1-3-5-10/h1-5,12H,6-9H2,(H,15,16). The molecule has 0 aromatic heterocycles. The zero-order chi connectivity index (χ0) is 12.5. The highest BCUT2D eigenvalue weighted by molar-refractivity contribution is 5.75. The van der Waals surface area contributed by atoms with E-state index in [1.165, 1.54) is 0 Å². The lowest BCUT2D eigenvalue weighted by Gasteiger charge is -2.05. The third-order valence-electron chi connectivity index (χ3n) is 2.15. The summed E-state index contributed by atoms with van der Waals surface area (Å²) in [5.41, 5.74) is 1.12. The summed E-state index contributed by atoms with van der Waals surface area (Å²) in [5, 5.41) is 2.64. The molecule has 1 aromatic rings. The zero-order valence-corrected chi connectivity index (χ0v) is 9.36. The lowest BCUT2D eigenvalue weighted by Crippen LogP contribution is -2.26. The van der Waals surface area contributed by atoms with Gasteiger partial charge in [-0.1, -0.05) is 30.3 Å². The molecule has 0 bridgehead atoms. The summed E-state index contributed by atoms with van der Waals surface area (Å²) in [6, 6.07) is 9.70. The maximum Gasteiger partial charge on any atom is 0.345 e. The average molecular weight is 243 g/mol. The van der Waals surface area contributed by atoms with Crippen LogP contribution in [0.4, 0.5) is 8.78 Å². The van der Waals surface area contributed by atoms with E-state index in [0.29, 0.717) is 6.54 Å². The number of carbonyl (C=O) groups is 1. The first-order valence-electron chi connectivity index (χ1n) is 5.39. The third kappa shape index (κ3) is 6.63. The van der Waals surface area contributed by atoms with Gasteiger partial charge in [-0.05, 0) is 12.0 Å². The molecule has 0 atom stereocenters. The van der Waals surface area contributed by atoms with Gasteiger partial charge in [-0.2, -0.15) is 8.78 Å². The van der Waals surface area contributed by atoms with Crippen molar-refractivity contribution in [3.05, 3.63) is 35.9 Å². The highest BCUT2D eigenvalue weighted by Gasteiger charge is 2.04. The third-order valence-corrected chi connectivity index (χ3v) is 2.15. The predicted molar refractivity (Wildman–Crippen MR) is 59.7 cm³/mol. The molecule has 0 saturated heterocycles. The van der Waals surface area contributed by atoms with E-state index < -0.39 is 6.61 Å². The van der Waals surface area contributed by atoms with Gasteiger partial charge in [0.05, 0.1) is 13.0 Å². The van der Waals surface area contributed by atoms with E-state index in [1.807, 2.05) is 30.3 Å². The molecule has 5 heteroatoms. The van der Waals surface area contributed by atoms with E-state index in [9.17, 15) is 13.6 Å². The van der Waals surface area contributed by atoms with Gasteiger partial charge in [0.15, 0.2) is 0 Å². The number of rotatable bonds is 7. The van der Waals surface area contributed by atoms with Gasteiger partial charge in [-0.15, -0.1) is 0 Å². The van der Waals surface area contributed by atoms with Gasteiger partial charge >= 0.3 is 6.61 Å². The molecule has 3 nitrogen and oxygen atoms in total. The second kappa shape index (κ2) is 7.73. The number of hydrogen-bond acceptors (Lipinski definition) is 2. The number of hydrogen-bond donors (Lipinski definition) is 1. The molecule has 0 aliphatic rings. The highest BCUT2D eigenvalue weighted by atomic mass is 19.3. The van der Waals surface area contributed by atoms with Crippen molar-refractivity contribution in [3.63, 3.8) is 0 Å². The minimum atomic E-state index is -2.81. The van der Waals surface area contributed by atoms with Crippen LogP contribution in [-0.4, -0.2) is 25.7 Å². The van der Waals surface area contributed by atoms with Crippen LogP contribution in [0, 0.1) is 0 Å². The Hall–Kier alpha value is -1.49. The lowest BCUT2D eigenvalue weighted by molar-refractivity contribution is -0.138. The van der Waals surface area contributed by atoms with Crippen LogP contribution < -0.4 is 5.32 Å². The number of alkyl halides is 2. The summed E-state index contributed by atoms with van der Waals surface area (Å²) in [4.78, 5) is 11.2. The summed E-state index contributed by atoms with van der Waals surface area (Å²) in [6.45, 7) is -2.57. The van der Waals surface area contributed by atoms with Crippen LogP contribution in [0.15, 0.2) is 30.3 Å². The first-order valence-corrected chi connectivity index (χ1v) is 5.39. The van der Waals surface area contributed by atoms with Gasteiger partial charge in [-0.3, -0.25) is 4.79 Å². The topological polar surface area (TPSA) is 38.3 Å². The van der Waals surface area contributed by atoms with E-state index in [1.54, 1.807) is 0 Å². The maximum atomic E-state index is 11.6. The molecule has 0 heterocycles. The zero-order valence-electron chi connectivity index (χ0n) is 9.36. The molecular weight excluding hydrogens is 228 g/mol. The van der Waals surface area contributed by atoms with Gasteiger partial charge < -0.3 is 10.1 Å². The fourth-order valence-electron chi connectivity index (χ4n) is 1.32. The molecule has 1 N–H and O–H groups in total. The summed E-state index contributed by atoms with van der Waals surface area (Å²) < 4.78 is 27.2. The van der Waals surface area contributed by atoms with Crippen molar-refractivity contribution in [3.8, 4) is 0 Å². The second-order valence-electron chi connectivity index (χ2n) is 3.47. The Kier molecular flexibility index (Phi) is 6.17. The monoisotopic (exact) mass is 243 g/mol. The van der Waals surface area contributed by atoms with Crippen LogP contribution in [0.1, 0.15) is 12.0 Å². The summed E-state index contributed by atoms with van der Waals surface area (Å²) in [7, 11) is 0. The number of ether oxygens (including phenoxy) is 1. The Morgan fingerprint density at radius 2 is 2.00 bits per heavy atom.